The van der Waals surface area contributed by atoms with E-state index in [2.05, 4.69) is 60.6 Å². The average molecular weight is 327 g/mol. The number of hydrogen-bond acceptors (Lipinski definition) is 2. The number of carbonyl (C=O) groups is 1. The van der Waals surface area contributed by atoms with Crippen LogP contribution in [0.4, 0.5) is 0 Å². The molecule has 0 aliphatic carbocycles. The minimum absolute atomic E-state index is 0.188. The van der Waals surface area contributed by atoms with Crippen LogP contribution in [0.5, 0.6) is 0 Å². The van der Waals surface area contributed by atoms with Gasteiger partial charge in [-0.3, -0.25) is 4.79 Å². The second-order valence-corrected chi connectivity index (χ2v) is 7.71. The van der Waals surface area contributed by atoms with Crippen LogP contribution in [0.3, 0.4) is 0 Å². The largest absolute Gasteiger partial charge is 0.345 e. The lowest BCUT2D eigenvalue weighted by atomic mass is 9.91. The van der Waals surface area contributed by atoms with E-state index in [4.69, 9.17) is 0 Å². The molecular formula is C20H29N3O. The Morgan fingerprint density at radius 3 is 2.50 bits per heavy atom. The molecule has 1 aromatic heterocycles. The molecule has 2 heterocycles. The molecule has 24 heavy (non-hydrogen) atoms. The number of fused-ring (bicyclic) bond motifs is 1. The summed E-state index contributed by atoms with van der Waals surface area (Å²) in [7, 11) is 4.16. The van der Waals surface area contributed by atoms with Crippen LogP contribution < -0.4 is 0 Å². The maximum Gasteiger partial charge on any atom is 0.256 e. The second kappa shape index (κ2) is 6.98. The number of para-hydroxylation sites is 1. The Kier molecular flexibility index (Phi) is 4.95. The molecule has 0 bridgehead atoms. The lowest BCUT2D eigenvalue weighted by Crippen LogP contribution is -2.42. The fraction of sp³-hybridized carbons (Fsp3) is 0.550. The molecule has 1 fully saturated rings. The SMILES string of the molecule is C[C@@H]1C[C@H](C)CN(C(=O)c2cn(CCN(C)C)c3ccccc23)C1. The van der Waals surface area contributed by atoms with Crippen LogP contribution in [0.15, 0.2) is 30.5 Å². The van der Waals surface area contributed by atoms with E-state index >= 15 is 0 Å². The number of carbonyl (C=O) groups excluding carboxylic acids is 1. The molecule has 4 heteroatoms. The first-order valence-electron chi connectivity index (χ1n) is 8.97. The minimum Gasteiger partial charge on any atom is -0.345 e. The number of piperidine rings is 1. The van der Waals surface area contributed by atoms with Crippen molar-refractivity contribution < 1.29 is 4.79 Å². The lowest BCUT2D eigenvalue weighted by Gasteiger charge is -2.35. The first-order chi connectivity index (χ1) is 11.5. The van der Waals surface area contributed by atoms with Crippen LogP contribution in [0.2, 0.25) is 0 Å². The standard InChI is InChI=1S/C20H29N3O/c1-15-11-16(2)13-23(12-15)20(24)18-14-22(10-9-21(3)4)19-8-6-5-7-17(18)19/h5-8,14-16H,9-13H2,1-4H3/t15-,16+. The highest BCUT2D eigenvalue weighted by Gasteiger charge is 2.27. The highest BCUT2D eigenvalue weighted by atomic mass is 16.2. The van der Waals surface area contributed by atoms with Gasteiger partial charge in [-0.05, 0) is 38.4 Å². The van der Waals surface area contributed by atoms with Gasteiger partial charge in [-0.25, -0.2) is 0 Å². The van der Waals surface area contributed by atoms with Gasteiger partial charge in [-0.15, -0.1) is 0 Å². The number of benzene rings is 1. The topological polar surface area (TPSA) is 28.5 Å². The molecule has 1 amide bonds. The van der Waals surface area contributed by atoms with Crippen molar-refractivity contribution in [1.82, 2.24) is 14.4 Å². The third-order valence-corrected chi connectivity index (χ3v) is 4.96. The van der Waals surface area contributed by atoms with Crippen LogP contribution in [-0.4, -0.2) is 54.0 Å². The summed E-state index contributed by atoms with van der Waals surface area (Å²) in [5, 5.41) is 1.08. The lowest BCUT2D eigenvalue weighted by molar-refractivity contribution is 0.0625. The predicted molar refractivity (Wildman–Crippen MR) is 99.3 cm³/mol. The van der Waals surface area contributed by atoms with Gasteiger partial charge in [0, 0.05) is 43.3 Å². The summed E-state index contributed by atoms with van der Waals surface area (Å²) in [6.45, 7) is 8.10. The van der Waals surface area contributed by atoms with E-state index < -0.39 is 0 Å². The van der Waals surface area contributed by atoms with Gasteiger partial charge in [0.2, 0.25) is 0 Å². The summed E-state index contributed by atoms with van der Waals surface area (Å²) in [5.41, 5.74) is 2.01. The number of hydrogen-bond donors (Lipinski definition) is 0. The van der Waals surface area contributed by atoms with Crippen LogP contribution in [0.25, 0.3) is 10.9 Å². The van der Waals surface area contributed by atoms with Gasteiger partial charge < -0.3 is 14.4 Å². The molecule has 1 aliphatic heterocycles. The van der Waals surface area contributed by atoms with Crippen LogP contribution in [0.1, 0.15) is 30.6 Å². The molecule has 2 aromatic rings. The molecule has 0 N–H and O–H groups in total. The molecule has 1 aliphatic rings. The molecular weight excluding hydrogens is 298 g/mol. The number of rotatable bonds is 4. The van der Waals surface area contributed by atoms with E-state index in [1.807, 2.05) is 12.1 Å². The van der Waals surface area contributed by atoms with Crippen molar-refractivity contribution in [3.8, 4) is 0 Å². The highest BCUT2D eigenvalue weighted by Crippen LogP contribution is 2.26. The van der Waals surface area contributed by atoms with Crippen LogP contribution >= 0.6 is 0 Å². The van der Waals surface area contributed by atoms with E-state index in [0.29, 0.717) is 11.8 Å². The van der Waals surface area contributed by atoms with E-state index in [1.165, 1.54) is 6.42 Å². The predicted octanol–water partition coefficient (Wildman–Crippen LogP) is 3.32. The molecule has 4 nitrogen and oxygen atoms in total. The van der Waals surface area contributed by atoms with E-state index in [9.17, 15) is 4.79 Å². The summed E-state index contributed by atoms with van der Waals surface area (Å²) in [6, 6.07) is 8.26. The number of aromatic nitrogens is 1. The van der Waals surface area contributed by atoms with Gasteiger partial charge in [-0.2, -0.15) is 0 Å². The molecule has 2 atom stereocenters. The maximum atomic E-state index is 13.2. The van der Waals surface area contributed by atoms with E-state index in [0.717, 1.165) is 42.6 Å². The smallest absolute Gasteiger partial charge is 0.256 e. The summed E-state index contributed by atoms with van der Waals surface area (Å²) >= 11 is 0. The van der Waals surface area contributed by atoms with Gasteiger partial charge >= 0.3 is 0 Å². The number of likely N-dealkylation sites (tertiary alicyclic amines) is 1. The van der Waals surface area contributed by atoms with Gasteiger partial charge in [0.25, 0.3) is 5.91 Å². The van der Waals surface area contributed by atoms with Crippen molar-refractivity contribution in [2.24, 2.45) is 11.8 Å². The Labute approximate surface area is 145 Å². The molecule has 0 radical (unpaired) electrons. The van der Waals surface area contributed by atoms with Crippen molar-refractivity contribution >= 4 is 16.8 Å². The first kappa shape index (κ1) is 17.0. The van der Waals surface area contributed by atoms with Crippen molar-refractivity contribution in [2.45, 2.75) is 26.8 Å². The third-order valence-electron chi connectivity index (χ3n) is 4.96. The maximum absolute atomic E-state index is 13.2. The molecule has 0 saturated carbocycles. The van der Waals surface area contributed by atoms with Crippen molar-refractivity contribution in [2.75, 3.05) is 33.7 Å². The number of likely N-dealkylation sites (N-methyl/N-ethyl adjacent to an activating group) is 1. The van der Waals surface area contributed by atoms with Crippen LogP contribution in [0, 0.1) is 11.8 Å². The zero-order chi connectivity index (χ0) is 17.3. The highest BCUT2D eigenvalue weighted by molar-refractivity contribution is 6.07. The molecule has 1 saturated heterocycles. The Morgan fingerprint density at radius 1 is 1.17 bits per heavy atom. The van der Waals surface area contributed by atoms with Crippen molar-refractivity contribution in [3.63, 3.8) is 0 Å². The third kappa shape index (κ3) is 3.48. The van der Waals surface area contributed by atoms with Crippen LogP contribution in [-0.2, 0) is 6.54 Å². The Morgan fingerprint density at radius 2 is 1.83 bits per heavy atom. The molecule has 3 rings (SSSR count). The van der Waals surface area contributed by atoms with E-state index in [-0.39, 0.29) is 5.91 Å². The Balaban J connectivity index is 1.92. The summed E-state index contributed by atoms with van der Waals surface area (Å²) in [5.74, 6) is 1.35. The fourth-order valence-electron chi connectivity index (χ4n) is 3.91. The van der Waals surface area contributed by atoms with Gasteiger partial charge in [0.15, 0.2) is 0 Å². The summed E-state index contributed by atoms with van der Waals surface area (Å²) in [6.07, 6.45) is 3.27. The van der Waals surface area contributed by atoms with E-state index in [1.54, 1.807) is 0 Å². The molecule has 130 valence electrons. The monoisotopic (exact) mass is 327 g/mol. The van der Waals surface area contributed by atoms with Gasteiger partial charge in [0.1, 0.15) is 0 Å². The van der Waals surface area contributed by atoms with Gasteiger partial charge in [0.05, 0.1) is 5.56 Å². The zero-order valence-electron chi connectivity index (χ0n) is 15.3. The zero-order valence-corrected chi connectivity index (χ0v) is 15.3. The quantitative estimate of drug-likeness (QED) is 0.862. The minimum atomic E-state index is 0.188. The Bertz CT molecular complexity index is 709. The Hall–Kier alpha value is -1.81. The summed E-state index contributed by atoms with van der Waals surface area (Å²) in [4.78, 5) is 17.4. The second-order valence-electron chi connectivity index (χ2n) is 7.71. The average Bonchev–Trinajstić information content (AvgIpc) is 2.90. The molecule has 0 unspecified atom stereocenters. The molecule has 1 aromatic carbocycles. The van der Waals surface area contributed by atoms with Crippen molar-refractivity contribution in [1.29, 1.82) is 0 Å². The first-order valence-corrected chi connectivity index (χ1v) is 8.97. The number of amides is 1. The normalized spacial score (nSPS) is 21.6. The molecule has 0 spiro atoms. The van der Waals surface area contributed by atoms with Crippen molar-refractivity contribution in [3.05, 3.63) is 36.0 Å². The summed E-state index contributed by atoms with van der Waals surface area (Å²) < 4.78 is 2.22. The fourth-order valence-corrected chi connectivity index (χ4v) is 3.91. The number of nitrogens with zero attached hydrogens (tertiary/aromatic N) is 3. The van der Waals surface area contributed by atoms with Gasteiger partial charge in [-0.1, -0.05) is 32.0 Å².